The maximum Gasteiger partial charge on any atom is 0.255 e. The molecule has 5 rings (SSSR count). The molecule has 1 amide bonds. The molecule has 0 aromatic heterocycles. The van der Waals surface area contributed by atoms with Crippen molar-refractivity contribution in [3.63, 3.8) is 0 Å². The van der Waals surface area contributed by atoms with Crippen LogP contribution < -0.4 is 5.73 Å². The monoisotopic (exact) mass is 608 g/mol. The van der Waals surface area contributed by atoms with E-state index in [9.17, 15) is 43.2 Å². The molecule has 0 unspecified atom stereocenters. The van der Waals surface area contributed by atoms with Crippen LogP contribution in [0.4, 0.5) is 4.39 Å². The number of carbonyl (C=O) groups excluding carboxylic acids is 3. The predicted octanol–water partition coefficient (Wildman–Crippen LogP) is -0.820. The third kappa shape index (κ3) is 4.41. The molecule has 1 aliphatic heterocycles. The third-order valence-electron chi connectivity index (χ3n) is 8.92. The smallest absolute Gasteiger partial charge is 0.255 e. The molecular weight excluding hydrogens is 575 g/mol. The molecule has 6 N–H and O–H groups in total. The number of phenolic OH excluding ortho intramolecular Hbond substituents is 1. The Balaban J connectivity index is 1.55. The average Bonchev–Trinajstić information content (AvgIpc) is 2.88. The number of hydrogen-bond acceptors (Lipinski definition) is 11. The first-order valence-electron chi connectivity index (χ1n) is 13.4. The number of carbonyl (C=O) groups is 3. The van der Waals surface area contributed by atoms with Crippen LogP contribution in [0.2, 0.25) is 0 Å². The lowest BCUT2D eigenvalue weighted by Crippen LogP contribution is -2.65. The van der Waals surface area contributed by atoms with Crippen LogP contribution in [0.15, 0.2) is 23.0 Å². The van der Waals surface area contributed by atoms with Crippen LogP contribution in [0.3, 0.4) is 0 Å². The molecular formula is C27H33FN4O9S. The molecule has 1 aromatic carbocycles. The fraction of sp³-hybridized carbons (Fsp3) is 0.519. The lowest BCUT2D eigenvalue weighted by molar-refractivity contribution is -0.153. The van der Waals surface area contributed by atoms with Crippen molar-refractivity contribution in [1.82, 2.24) is 14.1 Å². The summed E-state index contributed by atoms with van der Waals surface area (Å²) in [5, 5.41) is 44.6. The zero-order valence-corrected chi connectivity index (χ0v) is 24.1. The van der Waals surface area contributed by atoms with Gasteiger partial charge in [-0.3, -0.25) is 24.2 Å². The number of hydrogen-bond donors (Lipinski definition) is 5. The lowest BCUT2D eigenvalue weighted by atomic mass is 9.57. The number of primary amides is 1. The number of fused-ring (bicyclic) bond motifs is 3. The first kappa shape index (κ1) is 30.1. The molecule has 0 radical (unpaired) electrons. The number of nitrogens with two attached hydrogens (primary N) is 1. The lowest BCUT2D eigenvalue weighted by Gasteiger charge is -2.50. The summed E-state index contributed by atoms with van der Waals surface area (Å²) < 4.78 is 40.9. The van der Waals surface area contributed by atoms with Gasteiger partial charge in [0.2, 0.25) is 15.8 Å². The van der Waals surface area contributed by atoms with E-state index in [0.717, 1.165) is 12.3 Å². The van der Waals surface area contributed by atoms with E-state index < -0.39 is 79.6 Å². The summed E-state index contributed by atoms with van der Waals surface area (Å²) in [6, 6.07) is -0.110. The first-order valence-corrected chi connectivity index (χ1v) is 15.2. The highest BCUT2D eigenvalue weighted by Gasteiger charge is 2.64. The van der Waals surface area contributed by atoms with E-state index in [1.165, 1.54) is 23.3 Å². The first-order chi connectivity index (χ1) is 19.5. The minimum absolute atomic E-state index is 0.0506. The molecule has 4 aliphatic rings. The molecule has 13 nitrogen and oxygen atoms in total. The molecule has 2 fully saturated rings. The number of piperazine rings is 1. The Kier molecular flexibility index (Phi) is 7.25. The van der Waals surface area contributed by atoms with Gasteiger partial charge in [0.15, 0.2) is 11.4 Å². The van der Waals surface area contributed by atoms with Crippen molar-refractivity contribution in [1.29, 1.82) is 0 Å². The second kappa shape index (κ2) is 10.1. The van der Waals surface area contributed by atoms with E-state index in [2.05, 4.69) is 0 Å². The molecule has 1 saturated heterocycles. The van der Waals surface area contributed by atoms with E-state index in [-0.39, 0.29) is 54.7 Å². The fourth-order valence-electron chi connectivity index (χ4n) is 6.92. The number of aliphatic hydroxyl groups is 3. The summed E-state index contributed by atoms with van der Waals surface area (Å²) >= 11 is 0. The van der Waals surface area contributed by atoms with Crippen LogP contribution >= 0.6 is 0 Å². The fourth-order valence-corrected chi connectivity index (χ4v) is 7.75. The molecule has 42 heavy (non-hydrogen) atoms. The van der Waals surface area contributed by atoms with E-state index in [4.69, 9.17) is 5.73 Å². The number of aliphatic hydroxyl groups excluding tert-OH is 2. The second-order valence-electron chi connectivity index (χ2n) is 11.6. The Morgan fingerprint density at radius 3 is 2.33 bits per heavy atom. The van der Waals surface area contributed by atoms with Crippen molar-refractivity contribution in [3.05, 3.63) is 45.5 Å². The van der Waals surface area contributed by atoms with Gasteiger partial charge in [-0.1, -0.05) is 0 Å². The number of Topliss-reactive ketones (excluding diaryl/α,β-unsaturated/α-hetero) is 2. The van der Waals surface area contributed by atoms with Gasteiger partial charge in [-0.25, -0.2) is 12.8 Å². The van der Waals surface area contributed by atoms with Crippen LogP contribution in [0.5, 0.6) is 5.75 Å². The van der Waals surface area contributed by atoms with Crippen LogP contribution in [0, 0.1) is 17.7 Å². The predicted molar refractivity (Wildman–Crippen MR) is 146 cm³/mol. The topological polar surface area (TPSA) is 202 Å². The molecule has 4 atom stereocenters. The number of likely N-dealkylation sites (N-methyl/N-ethyl adjacent to an activating group) is 1. The molecule has 1 heterocycles. The Labute approximate surface area is 241 Å². The SMILES string of the molecule is CN(C)[C@@H]1C(=O)C(C(N)=O)=C(O)[C@@]2(O)C(=O)C3=C(O)c4c(O)cc(CN5CCN(S(C)(=O)=O)CC5)c(F)c4C[C@H]3C[C@@H]12. The Bertz CT molecular complexity index is 1580. The number of benzene rings is 1. The van der Waals surface area contributed by atoms with Gasteiger partial charge in [-0.2, -0.15) is 4.31 Å². The van der Waals surface area contributed by atoms with Crippen LogP contribution in [0.25, 0.3) is 5.76 Å². The number of ketones is 2. The highest BCUT2D eigenvalue weighted by Crippen LogP contribution is 2.53. The van der Waals surface area contributed by atoms with Gasteiger partial charge in [0.05, 0.1) is 17.9 Å². The van der Waals surface area contributed by atoms with Gasteiger partial charge in [-0.05, 0) is 38.9 Å². The summed E-state index contributed by atoms with van der Waals surface area (Å²) in [4.78, 5) is 42.3. The van der Waals surface area contributed by atoms with Crippen LogP contribution in [-0.4, -0.2) is 119 Å². The number of nitrogens with zero attached hydrogens (tertiary/aromatic N) is 3. The van der Waals surface area contributed by atoms with E-state index in [1.807, 2.05) is 4.90 Å². The maximum atomic E-state index is 16.0. The minimum atomic E-state index is -3.36. The van der Waals surface area contributed by atoms with Gasteiger partial charge in [0.1, 0.15) is 28.7 Å². The number of rotatable bonds is 5. The standard InChI is InChI=1S/C27H33FN4O9S/c1-30(2)21-15-9-12-8-14-18(22(34)17(12)24(36)27(15,39)25(37)19(23(21)35)26(29)38)16(33)10-13(20(14)28)11-31-4-6-32(7-5-31)42(3,40)41/h10,12,15,21,33-34,37,39H,4-9,11H2,1-3H3,(H2,29,38)/t12-,15-,21-,27-/m0/s1. The molecule has 15 heteroatoms. The number of aromatic hydroxyl groups is 1. The molecule has 0 bridgehead atoms. The van der Waals surface area contributed by atoms with Crippen molar-refractivity contribution >= 4 is 33.3 Å². The van der Waals surface area contributed by atoms with Crippen molar-refractivity contribution in [2.75, 3.05) is 46.5 Å². The average molecular weight is 609 g/mol. The van der Waals surface area contributed by atoms with Crippen LogP contribution in [-0.2, 0) is 37.4 Å². The maximum absolute atomic E-state index is 16.0. The van der Waals surface area contributed by atoms with Gasteiger partial charge in [0, 0.05) is 55.3 Å². The summed E-state index contributed by atoms with van der Waals surface area (Å²) in [6.45, 7) is 1.18. The second-order valence-corrected chi connectivity index (χ2v) is 13.6. The van der Waals surface area contributed by atoms with Gasteiger partial charge < -0.3 is 26.2 Å². The van der Waals surface area contributed by atoms with Crippen molar-refractivity contribution in [3.8, 4) is 5.75 Å². The molecule has 1 aromatic rings. The van der Waals surface area contributed by atoms with Crippen molar-refractivity contribution in [2.24, 2.45) is 17.6 Å². The Hall–Kier alpha value is -3.37. The zero-order chi connectivity index (χ0) is 31.0. The van der Waals surface area contributed by atoms with Crippen molar-refractivity contribution in [2.45, 2.75) is 31.0 Å². The number of sulfonamides is 1. The van der Waals surface area contributed by atoms with E-state index in [0.29, 0.717) is 13.1 Å². The highest BCUT2D eigenvalue weighted by atomic mass is 32.2. The number of phenols is 1. The van der Waals surface area contributed by atoms with Gasteiger partial charge in [0.25, 0.3) is 5.91 Å². The Morgan fingerprint density at radius 1 is 1.17 bits per heavy atom. The summed E-state index contributed by atoms with van der Waals surface area (Å²) in [7, 11) is -0.372. The van der Waals surface area contributed by atoms with E-state index >= 15 is 4.39 Å². The van der Waals surface area contributed by atoms with Gasteiger partial charge >= 0.3 is 0 Å². The highest BCUT2D eigenvalue weighted by molar-refractivity contribution is 7.88. The number of halogens is 1. The normalized spacial score (nSPS) is 29.0. The third-order valence-corrected chi connectivity index (χ3v) is 10.2. The number of amides is 1. The summed E-state index contributed by atoms with van der Waals surface area (Å²) in [6.07, 6.45) is 0.806. The molecule has 0 spiro atoms. The summed E-state index contributed by atoms with van der Waals surface area (Å²) in [5.74, 6) is -8.71. The van der Waals surface area contributed by atoms with Gasteiger partial charge in [-0.15, -0.1) is 0 Å². The molecule has 3 aliphatic carbocycles. The van der Waals surface area contributed by atoms with E-state index in [1.54, 1.807) is 0 Å². The summed E-state index contributed by atoms with van der Waals surface area (Å²) in [5.41, 5.74) is 1.01. The quantitative estimate of drug-likeness (QED) is 0.262. The Morgan fingerprint density at radius 2 is 1.79 bits per heavy atom. The minimum Gasteiger partial charge on any atom is -0.508 e. The zero-order valence-electron chi connectivity index (χ0n) is 23.3. The molecule has 1 saturated carbocycles. The largest absolute Gasteiger partial charge is 0.508 e. The molecule has 228 valence electrons. The van der Waals surface area contributed by atoms with Crippen LogP contribution in [0.1, 0.15) is 23.1 Å². The van der Waals surface area contributed by atoms with Crippen molar-refractivity contribution < 1.29 is 47.6 Å².